The number of carbonyl (C=O) groups is 2. The molecule has 2 heterocycles. The molecule has 0 saturated heterocycles. The van der Waals surface area contributed by atoms with Crippen LogP contribution in [-0.2, 0) is 4.74 Å². The normalized spacial score (nSPS) is 11.2. The summed E-state index contributed by atoms with van der Waals surface area (Å²) in [7, 11) is 0. The Bertz CT molecular complexity index is 1460. The van der Waals surface area contributed by atoms with Gasteiger partial charge in [-0.05, 0) is 44.2 Å². The Hall–Kier alpha value is -4.12. The monoisotopic (exact) mass is 422 g/mol. The largest absolute Gasteiger partial charge is 0.462 e. The van der Waals surface area contributed by atoms with Crippen molar-refractivity contribution in [1.82, 2.24) is 9.55 Å². The number of hydrogen-bond acceptors (Lipinski definition) is 3. The fraction of sp³-hybridized carbons (Fsp3) is 0.111. The first-order valence-electron chi connectivity index (χ1n) is 10.6. The Morgan fingerprint density at radius 2 is 1.56 bits per heavy atom. The summed E-state index contributed by atoms with van der Waals surface area (Å²) in [6.07, 6.45) is 1.94. The minimum atomic E-state index is -0.361. The van der Waals surface area contributed by atoms with Gasteiger partial charge in [0, 0.05) is 33.7 Å². The zero-order valence-corrected chi connectivity index (χ0v) is 17.9. The highest BCUT2D eigenvalue weighted by Gasteiger charge is 2.23. The molecule has 2 aromatic heterocycles. The summed E-state index contributed by atoms with van der Waals surface area (Å²) in [6, 6.07) is 22.7. The molecule has 5 nitrogen and oxygen atoms in total. The van der Waals surface area contributed by atoms with Crippen LogP contribution in [0, 0.1) is 6.92 Å². The number of nitrogens with one attached hydrogen (secondary N) is 1. The van der Waals surface area contributed by atoms with E-state index in [-0.39, 0.29) is 11.8 Å². The fourth-order valence-corrected chi connectivity index (χ4v) is 4.07. The maximum atomic E-state index is 13.7. The van der Waals surface area contributed by atoms with Crippen LogP contribution in [-0.4, -0.2) is 27.9 Å². The van der Waals surface area contributed by atoms with Crippen LogP contribution < -0.4 is 0 Å². The van der Waals surface area contributed by atoms with E-state index in [0.29, 0.717) is 23.4 Å². The summed E-state index contributed by atoms with van der Waals surface area (Å²) in [5, 5.41) is 1.89. The number of ether oxygens (including phenoxy) is 1. The minimum absolute atomic E-state index is 0.0563. The molecule has 0 radical (unpaired) electrons. The quantitative estimate of drug-likeness (QED) is 0.286. The second-order valence-electron chi connectivity index (χ2n) is 7.77. The molecule has 1 N–H and O–H groups in total. The Labute approximate surface area is 185 Å². The number of hydrogen-bond donors (Lipinski definition) is 1. The van der Waals surface area contributed by atoms with E-state index in [0.717, 1.165) is 33.1 Å². The number of esters is 1. The number of aromatic nitrogens is 2. The molecule has 0 atom stereocenters. The van der Waals surface area contributed by atoms with Crippen LogP contribution in [0.5, 0.6) is 0 Å². The predicted molar refractivity (Wildman–Crippen MR) is 126 cm³/mol. The average Bonchev–Trinajstić information content (AvgIpc) is 3.35. The molecule has 32 heavy (non-hydrogen) atoms. The summed E-state index contributed by atoms with van der Waals surface area (Å²) < 4.78 is 6.98. The van der Waals surface area contributed by atoms with Crippen LogP contribution in [0.1, 0.15) is 38.9 Å². The van der Waals surface area contributed by atoms with Crippen LogP contribution in [0.25, 0.3) is 27.5 Å². The van der Waals surface area contributed by atoms with E-state index in [4.69, 9.17) is 4.74 Å². The predicted octanol–water partition coefficient (Wildman–Crippen LogP) is 5.83. The third kappa shape index (κ3) is 3.28. The van der Waals surface area contributed by atoms with E-state index in [1.54, 1.807) is 19.1 Å². The third-order valence-corrected chi connectivity index (χ3v) is 5.66. The number of benzene rings is 3. The number of aryl methyl sites for hydroxylation is 1. The van der Waals surface area contributed by atoms with Gasteiger partial charge in [0.05, 0.1) is 17.7 Å². The lowest BCUT2D eigenvalue weighted by Gasteiger charge is -2.11. The number of rotatable bonds is 5. The number of H-pyrrole nitrogens is 1. The van der Waals surface area contributed by atoms with E-state index >= 15 is 0 Å². The Balaban J connectivity index is 1.70. The minimum Gasteiger partial charge on any atom is -0.462 e. The number of aromatic amines is 1. The summed E-state index contributed by atoms with van der Waals surface area (Å²) in [4.78, 5) is 29.2. The number of carbonyl (C=O) groups excluding carboxylic acids is 2. The number of para-hydroxylation sites is 1. The van der Waals surface area contributed by atoms with Crippen LogP contribution in [0.15, 0.2) is 79.0 Å². The maximum Gasteiger partial charge on any atom is 0.338 e. The van der Waals surface area contributed by atoms with Crippen molar-refractivity contribution in [3.8, 4) is 5.69 Å². The van der Waals surface area contributed by atoms with E-state index in [1.165, 1.54) is 0 Å². The lowest BCUT2D eigenvalue weighted by atomic mass is 10.0. The highest BCUT2D eigenvalue weighted by Crippen LogP contribution is 2.33. The molecular formula is C27H22N2O3. The molecule has 0 amide bonds. The average molecular weight is 422 g/mol. The number of ketones is 1. The van der Waals surface area contributed by atoms with E-state index in [1.807, 2.05) is 78.4 Å². The molecule has 0 fully saturated rings. The smallest absolute Gasteiger partial charge is 0.338 e. The van der Waals surface area contributed by atoms with Gasteiger partial charge >= 0.3 is 5.97 Å². The van der Waals surface area contributed by atoms with Gasteiger partial charge < -0.3 is 14.3 Å². The third-order valence-electron chi connectivity index (χ3n) is 5.66. The second-order valence-corrected chi connectivity index (χ2v) is 7.77. The first-order chi connectivity index (χ1) is 15.6. The van der Waals surface area contributed by atoms with Gasteiger partial charge in [0.1, 0.15) is 5.69 Å². The van der Waals surface area contributed by atoms with Gasteiger partial charge in [0.25, 0.3) is 0 Å². The van der Waals surface area contributed by atoms with Crippen molar-refractivity contribution in [3.63, 3.8) is 0 Å². The summed E-state index contributed by atoms with van der Waals surface area (Å²) in [5.41, 5.74) is 5.46. The van der Waals surface area contributed by atoms with Crippen molar-refractivity contribution < 1.29 is 14.3 Å². The maximum absolute atomic E-state index is 13.7. The standard InChI is InChI=1S/C27H22N2O3/c1-3-32-27(31)19-12-14-20(15-13-19)29-16-23-24(21-6-4-5-7-22(21)28-23)25(29)26(30)18-10-8-17(2)9-11-18/h4-16,28H,3H2,1-2H3. The van der Waals surface area contributed by atoms with Crippen LogP contribution in [0.3, 0.4) is 0 Å². The van der Waals surface area contributed by atoms with Crippen molar-refractivity contribution in [2.24, 2.45) is 0 Å². The zero-order chi connectivity index (χ0) is 22.2. The number of nitrogens with zero attached hydrogens (tertiary/aromatic N) is 1. The number of fused-ring (bicyclic) bond motifs is 3. The zero-order valence-electron chi connectivity index (χ0n) is 17.9. The summed E-state index contributed by atoms with van der Waals surface area (Å²) in [5.74, 6) is -0.417. The molecule has 0 bridgehead atoms. The highest BCUT2D eigenvalue weighted by atomic mass is 16.5. The Morgan fingerprint density at radius 1 is 0.875 bits per heavy atom. The van der Waals surface area contributed by atoms with Gasteiger partial charge in [-0.25, -0.2) is 4.79 Å². The molecule has 0 aliphatic rings. The molecule has 0 unspecified atom stereocenters. The molecular weight excluding hydrogens is 400 g/mol. The van der Waals surface area contributed by atoms with Gasteiger partial charge in [-0.3, -0.25) is 4.79 Å². The first-order valence-corrected chi connectivity index (χ1v) is 10.6. The topological polar surface area (TPSA) is 64.1 Å². The molecule has 5 aromatic rings. The van der Waals surface area contributed by atoms with Crippen molar-refractivity contribution in [1.29, 1.82) is 0 Å². The van der Waals surface area contributed by atoms with Crippen LogP contribution in [0.4, 0.5) is 0 Å². The van der Waals surface area contributed by atoms with E-state index in [9.17, 15) is 9.59 Å². The lowest BCUT2D eigenvalue weighted by molar-refractivity contribution is 0.0526. The SMILES string of the molecule is CCOC(=O)c1ccc(-n2cc3[nH]c4ccccc4c3c2C(=O)c2ccc(C)cc2)cc1. The molecule has 5 heteroatoms. The van der Waals surface area contributed by atoms with Gasteiger partial charge in [0.15, 0.2) is 0 Å². The Morgan fingerprint density at radius 3 is 2.28 bits per heavy atom. The van der Waals surface area contributed by atoms with E-state index < -0.39 is 0 Å². The van der Waals surface area contributed by atoms with Crippen molar-refractivity contribution in [2.75, 3.05) is 6.61 Å². The molecule has 0 aliphatic heterocycles. The fourth-order valence-electron chi connectivity index (χ4n) is 4.07. The Kier molecular flexibility index (Phi) is 4.86. The van der Waals surface area contributed by atoms with Crippen molar-refractivity contribution in [2.45, 2.75) is 13.8 Å². The van der Waals surface area contributed by atoms with Gasteiger partial charge in [0.2, 0.25) is 5.78 Å². The summed E-state index contributed by atoms with van der Waals surface area (Å²) in [6.45, 7) is 4.10. The lowest BCUT2D eigenvalue weighted by Crippen LogP contribution is -2.10. The first kappa shape index (κ1) is 19.8. The molecule has 0 aliphatic carbocycles. The molecule has 3 aromatic carbocycles. The molecule has 158 valence electrons. The van der Waals surface area contributed by atoms with Gasteiger partial charge in [-0.1, -0.05) is 48.0 Å². The van der Waals surface area contributed by atoms with Gasteiger partial charge in [-0.15, -0.1) is 0 Å². The molecule has 0 spiro atoms. The molecule has 5 rings (SSSR count). The van der Waals surface area contributed by atoms with Crippen molar-refractivity contribution >= 4 is 33.6 Å². The van der Waals surface area contributed by atoms with Crippen LogP contribution in [0.2, 0.25) is 0 Å². The van der Waals surface area contributed by atoms with Crippen LogP contribution >= 0.6 is 0 Å². The summed E-state index contributed by atoms with van der Waals surface area (Å²) >= 11 is 0. The van der Waals surface area contributed by atoms with E-state index in [2.05, 4.69) is 4.98 Å². The highest BCUT2D eigenvalue weighted by molar-refractivity contribution is 6.22. The molecule has 0 saturated carbocycles. The van der Waals surface area contributed by atoms with Gasteiger partial charge in [-0.2, -0.15) is 0 Å². The second kappa shape index (κ2) is 7.85. The van der Waals surface area contributed by atoms with Crippen molar-refractivity contribution in [3.05, 3.63) is 101 Å².